The summed E-state index contributed by atoms with van der Waals surface area (Å²) in [5.74, 6) is -0.436. The Hall–Kier alpha value is -3.15. The molecule has 1 aliphatic heterocycles. The van der Waals surface area contributed by atoms with Crippen LogP contribution in [-0.2, 0) is 21.5 Å². The lowest BCUT2D eigenvalue weighted by atomic mass is 9.75. The van der Waals surface area contributed by atoms with Gasteiger partial charge in [0, 0.05) is 25.8 Å². The monoisotopic (exact) mass is 367 g/mol. The van der Waals surface area contributed by atoms with E-state index in [0.717, 1.165) is 5.56 Å². The molecular weight excluding hydrogens is 346 g/mol. The summed E-state index contributed by atoms with van der Waals surface area (Å²) in [5.41, 5.74) is 1.00. The predicted octanol–water partition coefficient (Wildman–Crippen LogP) is 3.25. The Kier molecular flexibility index (Phi) is 5.26. The van der Waals surface area contributed by atoms with Gasteiger partial charge in [-0.3, -0.25) is 9.69 Å². The van der Waals surface area contributed by atoms with Crippen LogP contribution in [0.15, 0.2) is 54.6 Å². The van der Waals surface area contributed by atoms with E-state index in [4.69, 9.17) is 4.74 Å². The maximum absolute atomic E-state index is 12.3. The first-order chi connectivity index (χ1) is 13.0. The van der Waals surface area contributed by atoms with Gasteiger partial charge in [0.1, 0.15) is 5.78 Å². The molecule has 6 nitrogen and oxygen atoms in total. The van der Waals surface area contributed by atoms with Gasteiger partial charge in [0.25, 0.3) is 0 Å². The highest BCUT2D eigenvalue weighted by Crippen LogP contribution is 2.39. The van der Waals surface area contributed by atoms with Crippen LogP contribution in [-0.4, -0.2) is 41.5 Å². The number of ether oxygens (including phenoxy) is 1. The van der Waals surface area contributed by atoms with Crippen LogP contribution in [0.4, 0.5) is 4.79 Å². The molecule has 0 spiro atoms. The van der Waals surface area contributed by atoms with Crippen molar-refractivity contribution in [1.29, 1.82) is 0 Å². The maximum Gasteiger partial charge on any atom is 0.408 e. The van der Waals surface area contributed by atoms with Gasteiger partial charge in [-0.25, -0.2) is 9.59 Å². The average molecular weight is 367 g/mol. The summed E-state index contributed by atoms with van der Waals surface area (Å²) in [4.78, 5) is 37.4. The standard InChI is InChI=1S/C21H21NO5/c1-27-19(24)16-7-9-17(10-8-16)21(13-15-5-3-2-4-6-15)14-18(23)11-12-22(21)20(25)26/h2-10H,11-14H2,1H3,(H,25,26). The normalized spacial score (nSPS) is 19.6. The smallest absolute Gasteiger partial charge is 0.408 e. The van der Waals surface area contributed by atoms with Gasteiger partial charge in [-0.05, 0) is 23.3 Å². The minimum Gasteiger partial charge on any atom is -0.465 e. The van der Waals surface area contributed by atoms with Crippen molar-refractivity contribution in [3.63, 3.8) is 0 Å². The Labute approximate surface area is 157 Å². The lowest BCUT2D eigenvalue weighted by Gasteiger charge is -2.45. The van der Waals surface area contributed by atoms with E-state index in [2.05, 4.69) is 0 Å². The molecule has 1 atom stereocenters. The number of carboxylic acid groups (broad SMARTS) is 1. The topological polar surface area (TPSA) is 83.9 Å². The number of methoxy groups -OCH3 is 1. The SMILES string of the molecule is COC(=O)c1ccc(C2(Cc3ccccc3)CC(=O)CCN2C(=O)O)cc1. The van der Waals surface area contributed by atoms with Gasteiger partial charge in [-0.1, -0.05) is 42.5 Å². The maximum atomic E-state index is 12.3. The minimum absolute atomic E-state index is 0.0282. The number of rotatable bonds is 4. The van der Waals surface area contributed by atoms with E-state index in [1.165, 1.54) is 12.0 Å². The summed E-state index contributed by atoms with van der Waals surface area (Å²) >= 11 is 0. The molecule has 0 aromatic heterocycles. The van der Waals surface area contributed by atoms with Crippen molar-refractivity contribution < 1.29 is 24.2 Å². The number of benzene rings is 2. The lowest BCUT2D eigenvalue weighted by molar-refractivity contribution is -0.125. The largest absolute Gasteiger partial charge is 0.465 e. The highest BCUT2D eigenvalue weighted by molar-refractivity contribution is 5.89. The number of carbonyl (C=O) groups excluding carboxylic acids is 2. The quantitative estimate of drug-likeness (QED) is 0.839. The van der Waals surface area contributed by atoms with Gasteiger partial charge >= 0.3 is 12.1 Å². The van der Waals surface area contributed by atoms with Gasteiger partial charge < -0.3 is 9.84 Å². The van der Waals surface area contributed by atoms with Crippen LogP contribution < -0.4 is 0 Å². The summed E-state index contributed by atoms with van der Waals surface area (Å²) < 4.78 is 4.72. The number of piperidine rings is 1. The molecule has 1 N–H and O–H groups in total. The molecule has 1 amide bonds. The van der Waals surface area contributed by atoms with Crippen molar-refractivity contribution >= 4 is 17.8 Å². The van der Waals surface area contributed by atoms with E-state index in [0.29, 0.717) is 17.5 Å². The predicted molar refractivity (Wildman–Crippen MR) is 98.6 cm³/mol. The summed E-state index contributed by atoms with van der Waals surface area (Å²) in [6.45, 7) is 0.153. The summed E-state index contributed by atoms with van der Waals surface area (Å²) in [6.07, 6.45) is -0.367. The fraction of sp³-hybridized carbons (Fsp3) is 0.286. The van der Waals surface area contributed by atoms with Crippen LogP contribution in [0.2, 0.25) is 0 Å². The van der Waals surface area contributed by atoms with Crippen molar-refractivity contribution in [1.82, 2.24) is 4.90 Å². The Bertz CT molecular complexity index is 847. The summed E-state index contributed by atoms with van der Waals surface area (Å²) in [6, 6.07) is 16.1. The molecule has 27 heavy (non-hydrogen) atoms. The lowest BCUT2D eigenvalue weighted by Crippen LogP contribution is -2.55. The molecule has 1 aliphatic rings. The summed E-state index contributed by atoms with van der Waals surface area (Å²) in [7, 11) is 1.30. The molecule has 3 rings (SSSR count). The zero-order valence-corrected chi connectivity index (χ0v) is 15.1. The second kappa shape index (κ2) is 7.61. The first-order valence-corrected chi connectivity index (χ1v) is 8.71. The van der Waals surface area contributed by atoms with E-state index in [-0.39, 0.29) is 25.2 Å². The first kappa shape index (κ1) is 18.6. The molecule has 1 heterocycles. The third-order valence-electron chi connectivity index (χ3n) is 5.03. The van der Waals surface area contributed by atoms with Crippen LogP contribution in [0, 0.1) is 0 Å². The second-order valence-corrected chi connectivity index (χ2v) is 6.66. The summed E-state index contributed by atoms with van der Waals surface area (Å²) in [5, 5.41) is 9.82. The number of nitrogens with zero attached hydrogens (tertiary/aromatic N) is 1. The Morgan fingerprint density at radius 3 is 2.37 bits per heavy atom. The van der Waals surface area contributed by atoms with Crippen molar-refractivity contribution in [2.75, 3.05) is 13.7 Å². The number of esters is 1. The zero-order valence-electron chi connectivity index (χ0n) is 15.1. The van der Waals surface area contributed by atoms with Crippen LogP contribution in [0.1, 0.15) is 34.3 Å². The van der Waals surface area contributed by atoms with Gasteiger partial charge in [0.15, 0.2) is 0 Å². The van der Waals surface area contributed by atoms with E-state index < -0.39 is 17.6 Å². The van der Waals surface area contributed by atoms with Gasteiger partial charge in [0.05, 0.1) is 18.2 Å². The fourth-order valence-corrected chi connectivity index (χ4v) is 3.73. The molecule has 0 radical (unpaired) electrons. The number of hydrogen-bond donors (Lipinski definition) is 1. The minimum atomic E-state index is -1.06. The van der Waals surface area contributed by atoms with Crippen molar-refractivity contribution in [2.24, 2.45) is 0 Å². The zero-order chi connectivity index (χ0) is 19.4. The van der Waals surface area contributed by atoms with Crippen LogP contribution in [0.5, 0.6) is 0 Å². The Morgan fingerprint density at radius 2 is 1.78 bits per heavy atom. The Morgan fingerprint density at radius 1 is 1.11 bits per heavy atom. The molecule has 0 bridgehead atoms. The molecule has 2 aromatic carbocycles. The third kappa shape index (κ3) is 3.69. The molecule has 6 heteroatoms. The molecule has 2 aromatic rings. The molecule has 0 aliphatic carbocycles. The average Bonchev–Trinajstić information content (AvgIpc) is 2.68. The highest BCUT2D eigenvalue weighted by atomic mass is 16.5. The number of likely N-dealkylation sites (tertiary alicyclic amines) is 1. The molecule has 140 valence electrons. The fourth-order valence-electron chi connectivity index (χ4n) is 3.73. The van der Waals surface area contributed by atoms with Gasteiger partial charge in [0.2, 0.25) is 0 Å². The van der Waals surface area contributed by atoms with Crippen LogP contribution in [0.25, 0.3) is 0 Å². The molecule has 0 saturated carbocycles. The Balaban J connectivity index is 2.09. The van der Waals surface area contributed by atoms with E-state index in [1.807, 2.05) is 30.3 Å². The van der Waals surface area contributed by atoms with E-state index in [9.17, 15) is 19.5 Å². The number of ketones is 1. The van der Waals surface area contributed by atoms with Crippen LogP contribution in [0.3, 0.4) is 0 Å². The number of hydrogen-bond acceptors (Lipinski definition) is 4. The number of Topliss-reactive ketones (excluding diaryl/α,β-unsaturated/α-hetero) is 1. The molecule has 1 saturated heterocycles. The van der Waals surface area contributed by atoms with Crippen molar-refractivity contribution in [3.05, 3.63) is 71.3 Å². The number of amides is 1. The van der Waals surface area contributed by atoms with Crippen LogP contribution >= 0.6 is 0 Å². The van der Waals surface area contributed by atoms with Crippen molar-refractivity contribution in [3.8, 4) is 0 Å². The second-order valence-electron chi connectivity index (χ2n) is 6.66. The van der Waals surface area contributed by atoms with Gasteiger partial charge in [-0.2, -0.15) is 0 Å². The van der Waals surface area contributed by atoms with E-state index >= 15 is 0 Å². The molecule has 1 unspecified atom stereocenters. The highest BCUT2D eigenvalue weighted by Gasteiger charge is 2.46. The molecule has 1 fully saturated rings. The van der Waals surface area contributed by atoms with Gasteiger partial charge in [-0.15, -0.1) is 0 Å². The molecular formula is C21H21NO5. The number of carbonyl (C=O) groups is 3. The van der Waals surface area contributed by atoms with Crippen molar-refractivity contribution in [2.45, 2.75) is 24.8 Å². The van der Waals surface area contributed by atoms with E-state index in [1.54, 1.807) is 24.3 Å². The third-order valence-corrected chi connectivity index (χ3v) is 5.03. The first-order valence-electron chi connectivity index (χ1n) is 8.71.